The molecule has 0 unspecified atom stereocenters. The highest BCUT2D eigenvalue weighted by Crippen LogP contribution is 2.11. The van der Waals surface area contributed by atoms with Gasteiger partial charge >= 0.3 is 0 Å². The third kappa shape index (κ3) is 2.16. The van der Waals surface area contributed by atoms with Gasteiger partial charge in [0.1, 0.15) is 0 Å². The lowest BCUT2D eigenvalue weighted by atomic mass is 10.0. The molecule has 0 fully saturated rings. The molecule has 4 nitrogen and oxygen atoms in total. The average molecular weight is 145 g/mol. The van der Waals surface area contributed by atoms with Crippen molar-refractivity contribution in [3.8, 4) is 0 Å². The van der Waals surface area contributed by atoms with Crippen molar-refractivity contribution in [2.75, 3.05) is 0 Å². The summed E-state index contributed by atoms with van der Waals surface area (Å²) in [6.07, 6.45) is 3.69. The predicted molar refractivity (Wildman–Crippen MR) is 35.5 cm³/mol. The minimum atomic E-state index is 0. The van der Waals surface area contributed by atoms with Crippen LogP contribution in [0.4, 0.5) is 0 Å². The van der Waals surface area contributed by atoms with E-state index in [9.17, 15) is 4.79 Å². The molecule has 0 radical (unpaired) electrons. The van der Waals surface area contributed by atoms with E-state index < -0.39 is 0 Å². The second-order valence-corrected chi connectivity index (χ2v) is 2.10. The summed E-state index contributed by atoms with van der Waals surface area (Å²) in [6.45, 7) is 0. The fourth-order valence-corrected chi connectivity index (χ4v) is 0.880. The summed E-state index contributed by atoms with van der Waals surface area (Å²) in [7, 11) is 0. The van der Waals surface area contributed by atoms with Crippen LogP contribution >= 0.6 is 0 Å². The highest BCUT2D eigenvalue weighted by Gasteiger charge is 2.07. The van der Waals surface area contributed by atoms with Gasteiger partial charge in [0.15, 0.2) is 5.78 Å². The molecule has 0 saturated heterocycles. The molecule has 0 aromatic rings. The molecule has 0 bridgehead atoms. The first-order valence-corrected chi connectivity index (χ1v) is 2.96. The van der Waals surface area contributed by atoms with Crippen LogP contribution in [-0.2, 0) is 4.79 Å². The van der Waals surface area contributed by atoms with Gasteiger partial charge in [-0.25, -0.2) is 0 Å². The van der Waals surface area contributed by atoms with Crippen molar-refractivity contribution in [1.29, 1.82) is 0 Å². The van der Waals surface area contributed by atoms with Crippen LogP contribution in [0.2, 0.25) is 0 Å². The van der Waals surface area contributed by atoms with Crippen LogP contribution in [0.15, 0.2) is 11.8 Å². The maximum Gasteiger partial charge on any atom is 0.157 e. The van der Waals surface area contributed by atoms with Crippen molar-refractivity contribution >= 4 is 5.78 Å². The van der Waals surface area contributed by atoms with Gasteiger partial charge in [-0.15, -0.1) is 0 Å². The molecule has 0 aromatic heterocycles. The van der Waals surface area contributed by atoms with Gasteiger partial charge in [-0.2, -0.15) is 0 Å². The highest BCUT2D eigenvalue weighted by molar-refractivity contribution is 5.90. The van der Waals surface area contributed by atoms with Gasteiger partial charge in [0.2, 0.25) is 0 Å². The summed E-state index contributed by atoms with van der Waals surface area (Å²) < 4.78 is 0. The maximum absolute atomic E-state index is 10.6. The van der Waals surface area contributed by atoms with E-state index in [1.165, 1.54) is 6.08 Å². The lowest BCUT2D eigenvalue weighted by molar-refractivity contribution is -0.115. The number of hydroxylamine groups is 1. The summed E-state index contributed by atoms with van der Waals surface area (Å²) in [5, 5.41) is 8.34. The van der Waals surface area contributed by atoms with E-state index in [-0.39, 0.29) is 11.3 Å². The van der Waals surface area contributed by atoms with Gasteiger partial charge in [0.05, 0.1) is 0 Å². The van der Waals surface area contributed by atoms with Crippen molar-refractivity contribution < 1.29 is 15.5 Å². The zero-order valence-corrected chi connectivity index (χ0v) is 5.55. The molecule has 10 heavy (non-hydrogen) atoms. The number of nitrogens with one attached hydrogen (secondary N) is 1. The Morgan fingerprint density at radius 3 is 2.60 bits per heavy atom. The summed E-state index contributed by atoms with van der Waals surface area (Å²) in [4.78, 5) is 10.6. The fraction of sp³-hybridized carbons (Fsp3) is 0.500. The van der Waals surface area contributed by atoms with Gasteiger partial charge in [-0.1, -0.05) is 0 Å². The highest BCUT2D eigenvalue weighted by atomic mass is 16.5. The molecule has 1 rings (SSSR count). The molecule has 4 heteroatoms. The number of ketones is 1. The molecule has 0 aromatic carbocycles. The average Bonchev–Trinajstić information content (AvgIpc) is 1.88. The Bertz CT molecular complexity index is 153. The van der Waals surface area contributed by atoms with Gasteiger partial charge < -0.3 is 5.48 Å². The molecular weight excluding hydrogens is 134 g/mol. The first-order valence-electron chi connectivity index (χ1n) is 2.96. The fourth-order valence-electron chi connectivity index (χ4n) is 0.880. The molecule has 58 valence electrons. The molecule has 4 N–H and O–H groups in total. The molecule has 1 aliphatic carbocycles. The SMILES string of the molecule is O.O=C1C=C(NO)CCC1. The molecule has 1 aliphatic rings. The first kappa shape index (κ1) is 9.13. The largest absolute Gasteiger partial charge is 0.412 e. The van der Waals surface area contributed by atoms with E-state index in [2.05, 4.69) is 0 Å². The minimum Gasteiger partial charge on any atom is -0.412 e. The number of carbonyl (C=O) groups excluding carboxylic acids is 1. The second-order valence-electron chi connectivity index (χ2n) is 2.10. The summed E-state index contributed by atoms with van der Waals surface area (Å²) in [6, 6.07) is 0. The Balaban J connectivity index is 0.000000810. The second kappa shape index (κ2) is 4.03. The van der Waals surface area contributed by atoms with Gasteiger partial charge in [-0.05, 0) is 12.8 Å². The monoisotopic (exact) mass is 145 g/mol. The van der Waals surface area contributed by atoms with Gasteiger partial charge in [0.25, 0.3) is 0 Å². The van der Waals surface area contributed by atoms with Crippen LogP contribution in [-0.4, -0.2) is 16.5 Å². The van der Waals surface area contributed by atoms with Crippen LogP contribution in [0.5, 0.6) is 0 Å². The van der Waals surface area contributed by atoms with E-state index in [1.54, 1.807) is 0 Å². The van der Waals surface area contributed by atoms with Gasteiger partial charge in [0, 0.05) is 18.2 Å². The molecule has 0 heterocycles. The Kier molecular flexibility index (Phi) is 3.68. The maximum atomic E-state index is 10.6. The Hall–Kier alpha value is -0.870. The lowest BCUT2D eigenvalue weighted by Crippen LogP contribution is -2.13. The smallest absolute Gasteiger partial charge is 0.157 e. The number of carbonyl (C=O) groups is 1. The van der Waals surface area contributed by atoms with E-state index >= 15 is 0 Å². The van der Waals surface area contributed by atoms with Crippen LogP contribution in [0.1, 0.15) is 19.3 Å². The Morgan fingerprint density at radius 2 is 2.20 bits per heavy atom. The van der Waals surface area contributed by atoms with Crippen molar-refractivity contribution in [2.45, 2.75) is 19.3 Å². The standard InChI is InChI=1S/C6H9NO2.H2O/c8-6-3-1-2-5(4-6)7-9;/h4,7,9H,1-3H2;1H2. The number of hydrogen-bond acceptors (Lipinski definition) is 3. The summed E-state index contributed by atoms with van der Waals surface area (Å²) in [5.74, 6) is 0.0952. The van der Waals surface area contributed by atoms with E-state index in [0.29, 0.717) is 12.1 Å². The van der Waals surface area contributed by atoms with Crippen molar-refractivity contribution in [1.82, 2.24) is 5.48 Å². The molecule has 0 saturated carbocycles. The number of hydrogen-bond donors (Lipinski definition) is 2. The quantitative estimate of drug-likeness (QED) is 0.500. The van der Waals surface area contributed by atoms with E-state index in [1.807, 2.05) is 5.48 Å². The van der Waals surface area contributed by atoms with Crippen molar-refractivity contribution in [3.05, 3.63) is 11.8 Å². The van der Waals surface area contributed by atoms with E-state index in [4.69, 9.17) is 5.21 Å². The normalized spacial score (nSPS) is 17.3. The van der Waals surface area contributed by atoms with Crippen LogP contribution in [0.3, 0.4) is 0 Å². The molecular formula is C6H11NO3. The Morgan fingerprint density at radius 1 is 1.50 bits per heavy atom. The zero-order valence-electron chi connectivity index (χ0n) is 5.55. The molecule has 0 spiro atoms. The first-order chi connectivity index (χ1) is 4.33. The molecule has 0 amide bonds. The molecule has 0 atom stereocenters. The third-order valence-corrected chi connectivity index (χ3v) is 1.35. The van der Waals surface area contributed by atoms with Crippen LogP contribution in [0, 0.1) is 0 Å². The van der Waals surface area contributed by atoms with Crippen molar-refractivity contribution in [3.63, 3.8) is 0 Å². The minimum absolute atomic E-state index is 0. The van der Waals surface area contributed by atoms with Gasteiger partial charge in [-0.3, -0.25) is 15.5 Å². The predicted octanol–water partition coefficient (Wildman–Crippen LogP) is -0.223. The summed E-state index contributed by atoms with van der Waals surface area (Å²) >= 11 is 0. The summed E-state index contributed by atoms with van der Waals surface area (Å²) in [5.41, 5.74) is 2.61. The lowest BCUT2D eigenvalue weighted by Gasteiger charge is -2.08. The van der Waals surface area contributed by atoms with Crippen LogP contribution < -0.4 is 5.48 Å². The molecule has 0 aliphatic heterocycles. The van der Waals surface area contributed by atoms with E-state index in [0.717, 1.165) is 12.8 Å². The number of rotatable bonds is 1. The topological polar surface area (TPSA) is 80.8 Å². The number of allylic oxidation sites excluding steroid dienone is 2. The van der Waals surface area contributed by atoms with Crippen molar-refractivity contribution in [2.24, 2.45) is 0 Å². The van der Waals surface area contributed by atoms with Crippen LogP contribution in [0.25, 0.3) is 0 Å². The third-order valence-electron chi connectivity index (χ3n) is 1.35. The zero-order chi connectivity index (χ0) is 6.69. The Labute approximate surface area is 58.8 Å².